The van der Waals surface area contributed by atoms with Gasteiger partial charge in [-0.05, 0) is 13.0 Å². The van der Waals surface area contributed by atoms with E-state index >= 15 is 0 Å². The van der Waals surface area contributed by atoms with E-state index in [0.29, 0.717) is 11.3 Å². The number of hydrogen-bond acceptors (Lipinski definition) is 4. The smallest absolute Gasteiger partial charge is 0.257 e. The second-order valence-electron chi connectivity index (χ2n) is 3.89. The van der Waals surface area contributed by atoms with Gasteiger partial charge in [0.2, 0.25) is 0 Å². The Hall–Kier alpha value is -1.23. The van der Waals surface area contributed by atoms with E-state index in [0.717, 1.165) is 18.1 Å². The number of carbonyl (C=O) groups excluding carboxylic acids is 1. The van der Waals surface area contributed by atoms with Crippen LogP contribution in [0.4, 0.5) is 5.69 Å². The summed E-state index contributed by atoms with van der Waals surface area (Å²) in [5.41, 5.74) is 6.80. The van der Waals surface area contributed by atoms with Gasteiger partial charge in [-0.3, -0.25) is 9.78 Å². The second-order valence-corrected chi connectivity index (χ2v) is 5.04. The lowest BCUT2D eigenvalue weighted by Crippen LogP contribution is -2.44. The monoisotopic (exact) mass is 237 g/mol. The van der Waals surface area contributed by atoms with Crippen LogP contribution in [-0.4, -0.2) is 39.9 Å². The minimum absolute atomic E-state index is 0.00148. The Morgan fingerprint density at radius 1 is 1.69 bits per heavy atom. The van der Waals surface area contributed by atoms with Crippen molar-refractivity contribution >= 4 is 23.4 Å². The van der Waals surface area contributed by atoms with Crippen LogP contribution >= 0.6 is 11.8 Å². The lowest BCUT2D eigenvalue weighted by atomic mass is 10.2. The van der Waals surface area contributed by atoms with E-state index in [4.69, 9.17) is 5.73 Å². The van der Waals surface area contributed by atoms with E-state index in [1.165, 1.54) is 0 Å². The van der Waals surface area contributed by atoms with Crippen LogP contribution in [0.15, 0.2) is 18.5 Å². The van der Waals surface area contributed by atoms with Crippen LogP contribution in [0.5, 0.6) is 0 Å². The largest absolute Gasteiger partial charge is 0.398 e. The molecule has 16 heavy (non-hydrogen) atoms. The van der Waals surface area contributed by atoms with Crippen molar-refractivity contribution in [3.8, 4) is 0 Å². The molecule has 2 rings (SSSR count). The molecule has 86 valence electrons. The van der Waals surface area contributed by atoms with Crippen molar-refractivity contribution in [1.29, 1.82) is 0 Å². The number of aromatic nitrogens is 1. The van der Waals surface area contributed by atoms with Gasteiger partial charge in [0.25, 0.3) is 5.91 Å². The van der Waals surface area contributed by atoms with E-state index in [1.807, 2.05) is 16.7 Å². The molecule has 1 aromatic heterocycles. The zero-order valence-corrected chi connectivity index (χ0v) is 10.0. The first-order chi connectivity index (χ1) is 7.70. The van der Waals surface area contributed by atoms with Crippen molar-refractivity contribution in [2.24, 2.45) is 0 Å². The molecular formula is C11H15N3OS. The van der Waals surface area contributed by atoms with Crippen LogP contribution in [0.2, 0.25) is 0 Å². The zero-order chi connectivity index (χ0) is 11.5. The number of nitrogen functional groups attached to an aromatic ring is 1. The molecule has 0 aromatic carbocycles. The second kappa shape index (κ2) is 4.74. The third-order valence-electron chi connectivity index (χ3n) is 2.71. The van der Waals surface area contributed by atoms with Crippen molar-refractivity contribution in [3.63, 3.8) is 0 Å². The van der Waals surface area contributed by atoms with E-state index in [9.17, 15) is 4.79 Å². The third-order valence-corrected chi connectivity index (χ3v) is 3.90. The maximum atomic E-state index is 12.2. The van der Waals surface area contributed by atoms with E-state index in [-0.39, 0.29) is 11.9 Å². The Morgan fingerprint density at radius 2 is 2.50 bits per heavy atom. The Morgan fingerprint density at radius 3 is 3.19 bits per heavy atom. The standard InChI is InChI=1S/C11H15N3OS/c1-8-7-16-5-4-14(8)11(15)9-6-13-3-2-10(9)12/h2-3,6,8H,4-5,7H2,1H3,(H2,12,13). The molecular weight excluding hydrogens is 222 g/mol. The average Bonchev–Trinajstić information content (AvgIpc) is 2.29. The van der Waals surface area contributed by atoms with Gasteiger partial charge in [-0.15, -0.1) is 0 Å². The average molecular weight is 237 g/mol. The van der Waals surface area contributed by atoms with Gasteiger partial charge in [0.05, 0.1) is 5.56 Å². The topological polar surface area (TPSA) is 59.2 Å². The molecule has 1 aromatic rings. The van der Waals surface area contributed by atoms with Crippen LogP contribution < -0.4 is 5.73 Å². The molecule has 1 aliphatic rings. The molecule has 0 spiro atoms. The predicted octanol–water partition coefficient (Wildman–Crippen LogP) is 1.24. The fraction of sp³-hybridized carbons (Fsp3) is 0.455. The molecule has 0 radical (unpaired) electrons. The number of amides is 1. The zero-order valence-electron chi connectivity index (χ0n) is 9.22. The molecule has 1 amide bonds. The fourth-order valence-electron chi connectivity index (χ4n) is 1.77. The SMILES string of the molecule is CC1CSCCN1C(=O)c1cnccc1N. The highest BCUT2D eigenvalue weighted by molar-refractivity contribution is 7.99. The van der Waals surface area contributed by atoms with Crippen molar-refractivity contribution in [3.05, 3.63) is 24.0 Å². The minimum Gasteiger partial charge on any atom is -0.398 e. The van der Waals surface area contributed by atoms with Gasteiger partial charge >= 0.3 is 0 Å². The van der Waals surface area contributed by atoms with Crippen LogP contribution in [0.3, 0.4) is 0 Å². The molecule has 0 bridgehead atoms. The summed E-state index contributed by atoms with van der Waals surface area (Å²) in [5.74, 6) is 1.99. The summed E-state index contributed by atoms with van der Waals surface area (Å²) in [5, 5.41) is 0. The number of nitrogens with two attached hydrogens (primary N) is 1. The quantitative estimate of drug-likeness (QED) is 0.798. The molecule has 5 heteroatoms. The summed E-state index contributed by atoms with van der Waals surface area (Å²) < 4.78 is 0. The summed E-state index contributed by atoms with van der Waals surface area (Å²) >= 11 is 1.88. The van der Waals surface area contributed by atoms with E-state index < -0.39 is 0 Å². The summed E-state index contributed by atoms with van der Waals surface area (Å²) in [7, 11) is 0. The van der Waals surface area contributed by atoms with Crippen molar-refractivity contribution in [2.45, 2.75) is 13.0 Å². The Balaban J connectivity index is 2.21. The summed E-state index contributed by atoms with van der Waals surface area (Å²) in [6.07, 6.45) is 3.15. The number of pyridine rings is 1. The van der Waals surface area contributed by atoms with Gasteiger partial charge in [0.15, 0.2) is 0 Å². The summed E-state index contributed by atoms with van der Waals surface area (Å²) in [4.78, 5) is 18.1. The number of rotatable bonds is 1. The van der Waals surface area contributed by atoms with Crippen molar-refractivity contribution in [1.82, 2.24) is 9.88 Å². The van der Waals surface area contributed by atoms with Gasteiger partial charge in [-0.2, -0.15) is 11.8 Å². The van der Waals surface area contributed by atoms with Crippen molar-refractivity contribution < 1.29 is 4.79 Å². The molecule has 0 saturated carbocycles. The van der Waals surface area contributed by atoms with E-state index in [2.05, 4.69) is 11.9 Å². The van der Waals surface area contributed by atoms with Gasteiger partial charge in [0.1, 0.15) is 0 Å². The van der Waals surface area contributed by atoms with Gasteiger partial charge in [-0.1, -0.05) is 0 Å². The molecule has 4 nitrogen and oxygen atoms in total. The Bertz CT molecular complexity index is 397. The molecule has 1 atom stereocenters. The first-order valence-electron chi connectivity index (χ1n) is 5.28. The van der Waals surface area contributed by atoms with Crippen molar-refractivity contribution in [2.75, 3.05) is 23.8 Å². The highest BCUT2D eigenvalue weighted by Crippen LogP contribution is 2.20. The molecule has 1 saturated heterocycles. The fourth-order valence-corrected chi connectivity index (χ4v) is 2.78. The molecule has 1 fully saturated rings. The molecule has 1 unspecified atom stereocenters. The minimum atomic E-state index is -0.00148. The number of nitrogens with zero attached hydrogens (tertiary/aromatic N) is 2. The Kier molecular flexibility index (Phi) is 3.33. The van der Waals surface area contributed by atoms with E-state index in [1.54, 1.807) is 18.5 Å². The van der Waals surface area contributed by atoms with Gasteiger partial charge in [0, 0.05) is 42.2 Å². The third kappa shape index (κ3) is 2.14. The van der Waals surface area contributed by atoms with Crippen LogP contribution in [0, 0.1) is 0 Å². The van der Waals surface area contributed by atoms with Gasteiger partial charge in [-0.25, -0.2) is 0 Å². The number of carbonyl (C=O) groups is 1. The molecule has 1 aliphatic heterocycles. The highest BCUT2D eigenvalue weighted by atomic mass is 32.2. The number of anilines is 1. The van der Waals surface area contributed by atoms with Crippen LogP contribution in [0.25, 0.3) is 0 Å². The molecule has 2 heterocycles. The highest BCUT2D eigenvalue weighted by Gasteiger charge is 2.25. The van der Waals surface area contributed by atoms with Gasteiger partial charge < -0.3 is 10.6 Å². The lowest BCUT2D eigenvalue weighted by molar-refractivity contribution is 0.0716. The lowest BCUT2D eigenvalue weighted by Gasteiger charge is -2.33. The predicted molar refractivity (Wildman–Crippen MR) is 66.5 cm³/mol. The first kappa shape index (κ1) is 11.3. The maximum absolute atomic E-state index is 12.2. The molecule has 0 aliphatic carbocycles. The van der Waals surface area contributed by atoms with Crippen LogP contribution in [-0.2, 0) is 0 Å². The number of thioether (sulfide) groups is 1. The summed E-state index contributed by atoms with van der Waals surface area (Å²) in [6, 6.07) is 1.93. The Labute approximate surface area is 99.2 Å². The molecule has 2 N–H and O–H groups in total. The van der Waals surface area contributed by atoms with Crippen LogP contribution in [0.1, 0.15) is 17.3 Å². The number of hydrogen-bond donors (Lipinski definition) is 1. The normalized spacial score (nSPS) is 20.8. The maximum Gasteiger partial charge on any atom is 0.257 e. The first-order valence-corrected chi connectivity index (χ1v) is 6.44. The summed E-state index contributed by atoms with van der Waals surface area (Å²) in [6.45, 7) is 2.86.